The average Bonchev–Trinajstić information content (AvgIpc) is 2.28. The molecule has 0 spiro atoms. The van der Waals surface area contributed by atoms with Crippen molar-refractivity contribution >= 4 is 11.9 Å². The summed E-state index contributed by atoms with van der Waals surface area (Å²) in [5.41, 5.74) is -0.273. The van der Waals surface area contributed by atoms with Crippen LogP contribution in [0.15, 0.2) is 0 Å². The minimum atomic E-state index is -0.273. The largest absolute Gasteiger partial charge is 0.464 e. The lowest BCUT2D eigenvalue weighted by atomic mass is 10.1. The molecule has 0 aliphatic rings. The molecule has 0 fully saturated rings. The Morgan fingerprint density at radius 1 is 1.17 bits per heavy atom. The number of ether oxygens (including phenoxy) is 2. The van der Waals surface area contributed by atoms with Crippen molar-refractivity contribution in [1.29, 1.82) is 0 Å². The predicted octanol–water partition coefficient (Wildman–Crippen LogP) is 1.15. The van der Waals surface area contributed by atoms with Gasteiger partial charge in [0.15, 0.2) is 0 Å². The monoisotopic (exact) mass is 255 g/mol. The van der Waals surface area contributed by atoms with Gasteiger partial charge in [0.05, 0.1) is 18.8 Å². The van der Waals surface area contributed by atoms with Crippen molar-refractivity contribution in [1.82, 2.24) is 15.0 Å². The van der Waals surface area contributed by atoms with E-state index in [0.717, 1.165) is 0 Å². The van der Waals surface area contributed by atoms with E-state index in [0.29, 0.717) is 31.1 Å². The van der Waals surface area contributed by atoms with E-state index in [2.05, 4.69) is 25.6 Å². The minimum Gasteiger partial charge on any atom is -0.464 e. The maximum absolute atomic E-state index is 5.29. The first-order chi connectivity index (χ1) is 8.50. The smallest absolute Gasteiger partial charge is 0.323 e. The van der Waals surface area contributed by atoms with Gasteiger partial charge in [0.2, 0.25) is 11.9 Å². The lowest BCUT2D eigenvalue weighted by Gasteiger charge is -2.25. The van der Waals surface area contributed by atoms with Crippen LogP contribution in [0, 0.1) is 0 Å². The van der Waals surface area contributed by atoms with Crippen LogP contribution in [0.5, 0.6) is 6.01 Å². The normalized spacial score (nSPS) is 11.2. The molecule has 0 radical (unpaired) electrons. The summed E-state index contributed by atoms with van der Waals surface area (Å²) < 4.78 is 10.4. The first-order valence-electron chi connectivity index (χ1n) is 5.84. The summed E-state index contributed by atoms with van der Waals surface area (Å²) in [7, 11) is 3.40. The first kappa shape index (κ1) is 14.4. The molecule has 102 valence electrons. The molecule has 0 aliphatic heterocycles. The maximum Gasteiger partial charge on any atom is 0.323 e. The third-order valence-electron chi connectivity index (χ3n) is 2.07. The Balaban J connectivity index is 2.90. The quantitative estimate of drug-likeness (QED) is 0.756. The van der Waals surface area contributed by atoms with Gasteiger partial charge in [0, 0.05) is 14.2 Å². The molecule has 1 heterocycles. The predicted molar refractivity (Wildman–Crippen MR) is 70.1 cm³/mol. The molecule has 0 bridgehead atoms. The fourth-order valence-electron chi connectivity index (χ4n) is 1.42. The van der Waals surface area contributed by atoms with Crippen molar-refractivity contribution in [2.75, 3.05) is 38.0 Å². The van der Waals surface area contributed by atoms with E-state index >= 15 is 0 Å². The first-order valence-corrected chi connectivity index (χ1v) is 5.84. The second-order valence-electron chi connectivity index (χ2n) is 4.39. The van der Waals surface area contributed by atoms with Crippen LogP contribution in [0.4, 0.5) is 11.9 Å². The molecule has 0 aliphatic carbocycles. The highest BCUT2D eigenvalue weighted by atomic mass is 16.5. The van der Waals surface area contributed by atoms with E-state index in [4.69, 9.17) is 9.47 Å². The van der Waals surface area contributed by atoms with E-state index in [9.17, 15) is 0 Å². The van der Waals surface area contributed by atoms with Gasteiger partial charge < -0.3 is 20.1 Å². The van der Waals surface area contributed by atoms with Gasteiger partial charge in [-0.2, -0.15) is 15.0 Å². The Labute approximate surface area is 107 Å². The molecule has 0 amide bonds. The molecule has 7 nitrogen and oxygen atoms in total. The number of methoxy groups -OCH3 is 1. The van der Waals surface area contributed by atoms with Crippen LogP contribution in [0.3, 0.4) is 0 Å². The molecule has 0 atom stereocenters. The van der Waals surface area contributed by atoms with Gasteiger partial charge in [0.25, 0.3) is 0 Å². The fraction of sp³-hybridized carbons (Fsp3) is 0.727. The van der Waals surface area contributed by atoms with Crippen LogP contribution in [0.25, 0.3) is 0 Å². The number of hydrogen-bond acceptors (Lipinski definition) is 7. The summed E-state index contributed by atoms with van der Waals surface area (Å²) >= 11 is 0. The second-order valence-corrected chi connectivity index (χ2v) is 4.39. The molecule has 2 N–H and O–H groups in total. The number of nitrogens with one attached hydrogen (secondary N) is 2. The number of aromatic nitrogens is 3. The summed E-state index contributed by atoms with van der Waals surface area (Å²) in [6.45, 7) is 6.93. The third kappa shape index (κ3) is 4.33. The fourth-order valence-corrected chi connectivity index (χ4v) is 1.42. The molecule has 18 heavy (non-hydrogen) atoms. The Morgan fingerprint density at radius 3 is 2.39 bits per heavy atom. The van der Waals surface area contributed by atoms with Gasteiger partial charge in [-0.05, 0) is 20.8 Å². The zero-order chi connectivity index (χ0) is 13.6. The van der Waals surface area contributed by atoms with Crippen molar-refractivity contribution in [3.05, 3.63) is 0 Å². The summed E-state index contributed by atoms with van der Waals surface area (Å²) in [6, 6.07) is 0.299. The van der Waals surface area contributed by atoms with E-state index < -0.39 is 0 Å². The summed E-state index contributed by atoms with van der Waals surface area (Å²) in [6.07, 6.45) is 0. The van der Waals surface area contributed by atoms with E-state index in [1.165, 1.54) is 0 Å². The summed E-state index contributed by atoms with van der Waals surface area (Å²) in [4.78, 5) is 12.5. The van der Waals surface area contributed by atoms with E-state index in [1.54, 1.807) is 14.2 Å². The number of nitrogens with zero attached hydrogens (tertiary/aromatic N) is 3. The number of anilines is 2. The van der Waals surface area contributed by atoms with Crippen LogP contribution in [0.1, 0.15) is 20.8 Å². The number of rotatable bonds is 7. The van der Waals surface area contributed by atoms with Crippen LogP contribution in [0.2, 0.25) is 0 Å². The van der Waals surface area contributed by atoms with Crippen molar-refractivity contribution in [3.8, 4) is 6.01 Å². The van der Waals surface area contributed by atoms with Crippen molar-refractivity contribution < 1.29 is 9.47 Å². The Hall–Kier alpha value is -1.63. The zero-order valence-electron chi connectivity index (χ0n) is 11.6. The van der Waals surface area contributed by atoms with Crippen molar-refractivity contribution in [2.45, 2.75) is 26.3 Å². The van der Waals surface area contributed by atoms with Gasteiger partial charge in [-0.3, -0.25) is 0 Å². The molecule has 0 unspecified atom stereocenters. The van der Waals surface area contributed by atoms with Gasteiger partial charge in [-0.15, -0.1) is 0 Å². The minimum absolute atomic E-state index is 0.273. The van der Waals surface area contributed by atoms with E-state index in [1.807, 2.05) is 20.8 Å². The lowest BCUT2D eigenvalue weighted by Crippen LogP contribution is -2.36. The molecule has 0 saturated heterocycles. The SMILES string of the molecule is CCOc1nc(NC)nc(NC(C)(C)COC)n1. The number of hydrogen-bond donors (Lipinski definition) is 2. The molecule has 7 heteroatoms. The molecular weight excluding hydrogens is 234 g/mol. The van der Waals surface area contributed by atoms with Crippen LogP contribution < -0.4 is 15.4 Å². The molecule has 0 aromatic carbocycles. The summed E-state index contributed by atoms with van der Waals surface area (Å²) in [5, 5.41) is 6.06. The Kier molecular flexibility index (Phi) is 5.08. The Bertz CT molecular complexity index is 384. The van der Waals surface area contributed by atoms with Gasteiger partial charge in [0.1, 0.15) is 0 Å². The van der Waals surface area contributed by atoms with Gasteiger partial charge >= 0.3 is 6.01 Å². The lowest BCUT2D eigenvalue weighted by molar-refractivity contribution is 0.157. The molecule has 1 aromatic heterocycles. The van der Waals surface area contributed by atoms with Gasteiger partial charge in [-0.25, -0.2) is 0 Å². The highest BCUT2D eigenvalue weighted by Crippen LogP contribution is 2.15. The standard InChI is InChI=1S/C11H21N5O2/c1-6-18-10-14-8(12-4)13-9(15-10)16-11(2,3)7-17-5/h6-7H2,1-5H3,(H2,12,13,14,15,16). The van der Waals surface area contributed by atoms with E-state index in [-0.39, 0.29) is 5.54 Å². The second kappa shape index (κ2) is 6.34. The molecule has 1 rings (SSSR count). The average molecular weight is 255 g/mol. The van der Waals surface area contributed by atoms with Crippen LogP contribution >= 0.6 is 0 Å². The topological polar surface area (TPSA) is 81.2 Å². The highest BCUT2D eigenvalue weighted by molar-refractivity contribution is 5.37. The summed E-state index contributed by atoms with van der Waals surface area (Å²) in [5.74, 6) is 0.920. The molecule has 0 saturated carbocycles. The van der Waals surface area contributed by atoms with Crippen molar-refractivity contribution in [2.24, 2.45) is 0 Å². The highest BCUT2D eigenvalue weighted by Gasteiger charge is 2.19. The Morgan fingerprint density at radius 2 is 1.83 bits per heavy atom. The maximum atomic E-state index is 5.29. The molecular formula is C11H21N5O2. The van der Waals surface area contributed by atoms with Crippen molar-refractivity contribution in [3.63, 3.8) is 0 Å². The van der Waals surface area contributed by atoms with Crippen LogP contribution in [-0.2, 0) is 4.74 Å². The van der Waals surface area contributed by atoms with Crippen LogP contribution in [-0.4, -0.2) is 47.9 Å². The molecule has 1 aromatic rings. The zero-order valence-corrected chi connectivity index (χ0v) is 11.6. The third-order valence-corrected chi connectivity index (χ3v) is 2.07. The van der Waals surface area contributed by atoms with Gasteiger partial charge in [-0.1, -0.05) is 0 Å².